The molecule has 1 N–H and O–H groups in total. The molecule has 2 aromatic heterocycles. The van der Waals surface area contributed by atoms with Crippen molar-refractivity contribution in [3.8, 4) is 17.0 Å². The van der Waals surface area contributed by atoms with Crippen molar-refractivity contribution in [2.75, 3.05) is 5.32 Å². The molecular weight excluding hydrogens is 400 g/mol. The Labute approximate surface area is 179 Å². The SMILES string of the molecule is Cc1nn(C)c2nc(O[C@@H](C)C(=O)Nc3ccc(Cl)cc3)cc(-c3ccccc3)c12. The van der Waals surface area contributed by atoms with Crippen LogP contribution >= 0.6 is 11.6 Å². The van der Waals surface area contributed by atoms with Crippen molar-refractivity contribution in [1.82, 2.24) is 14.8 Å². The highest BCUT2D eigenvalue weighted by molar-refractivity contribution is 6.30. The number of nitrogens with one attached hydrogen (secondary N) is 1. The van der Waals surface area contributed by atoms with Crippen molar-refractivity contribution in [1.29, 1.82) is 0 Å². The van der Waals surface area contributed by atoms with Gasteiger partial charge in [0.2, 0.25) is 5.88 Å². The van der Waals surface area contributed by atoms with E-state index >= 15 is 0 Å². The van der Waals surface area contributed by atoms with E-state index in [0.29, 0.717) is 22.2 Å². The zero-order valence-corrected chi connectivity index (χ0v) is 17.6. The molecule has 0 saturated carbocycles. The summed E-state index contributed by atoms with van der Waals surface area (Å²) in [6, 6.07) is 18.8. The number of hydrogen-bond donors (Lipinski definition) is 1. The lowest BCUT2D eigenvalue weighted by Crippen LogP contribution is -2.30. The monoisotopic (exact) mass is 420 g/mol. The van der Waals surface area contributed by atoms with Gasteiger partial charge in [0.25, 0.3) is 5.91 Å². The third-order valence-corrected chi connectivity index (χ3v) is 5.06. The number of nitrogens with zero attached hydrogens (tertiary/aromatic N) is 3. The summed E-state index contributed by atoms with van der Waals surface area (Å²) in [6.07, 6.45) is -0.747. The molecule has 0 aliphatic heterocycles. The normalized spacial score (nSPS) is 12.0. The van der Waals surface area contributed by atoms with Crippen molar-refractivity contribution >= 4 is 34.2 Å². The standard InChI is InChI=1S/C23H21ClN4O2/c1-14-21-19(16-7-5-4-6-8-16)13-20(26-22(21)28(3)27-14)30-15(2)23(29)25-18-11-9-17(24)10-12-18/h4-13,15H,1-3H3,(H,25,29)/t15-/m0/s1. The van der Waals surface area contributed by atoms with E-state index in [2.05, 4.69) is 15.4 Å². The molecule has 6 nitrogen and oxygen atoms in total. The van der Waals surface area contributed by atoms with Gasteiger partial charge < -0.3 is 10.1 Å². The van der Waals surface area contributed by atoms with E-state index in [4.69, 9.17) is 16.3 Å². The third kappa shape index (κ3) is 4.00. The Bertz CT molecular complexity index is 1200. The number of rotatable bonds is 5. The number of benzene rings is 2. The lowest BCUT2D eigenvalue weighted by Gasteiger charge is -2.15. The second-order valence-corrected chi connectivity index (χ2v) is 7.47. The second kappa shape index (κ2) is 8.16. The number of carbonyl (C=O) groups excluding carboxylic acids is 1. The largest absolute Gasteiger partial charge is 0.464 e. The molecule has 152 valence electrons. The van der Waals surface area contributed by atoms with Gasteiger partial charge in [-0.25, -0.2) is 0 Å². The molecule has 0 unspecified atom stereocenters. The lowest BCUT2D eigenvalue weighted by molar-refractivity contribution is -0.122. The number of fused-ring (bicyclic) bond motifs is 1. The third-order valence-electron chi connectivity index (χ3n) is 4.81. The minimum absolute atomic E-state index is 0.276. The first-order chi connectivity index (χ1) is 14.4. The number of aryl methyl sites for hydroxylation is 2. The maximum atomic E-state index is 12.6. The number of amides is 1. The van der Waals surface area contributed by atoms with Crippen LogP contribution in [-0.4, -0.2) is 26.8 Å². The van der Waals surface area contributed by atoms with E-state index in [-0.39, 0.29) is 5.91 Å². The van der Waals surface area contributed by atoms with Crippen LogP contribution in [0.5, 0.6) is 5.88 Å². The number of hydrogen-bond acceptors (Lipinski definition) is 4. The van der Waals surface area contributed by atoms with Gasteiger partial charge in [-0.3, -0.25) is 9.48 Å². The average Bonchev–Trinajstić information content (AvgIpc) is 3.03. The van der Waals surface area contributed by atoms with Gasteiger partial charge >= 0.3 is 0 Å². The summed E-state index contributed by atoms with van der Waals surface area (Å²) in [6.45, 7) is 3.65. The first-order valence-electron chi connectivity index (χ1n) is 9.55. The first kappa shape index (κ1) is 19.9. The molecule has 0 saturated heterocycles. The Morgan fingerprint density at radius 3 is 2.53 bits per heavy atom. The fraction of sp³-hybridized carbons (Fsp3) is 0.174. The summed E-state index contributed by atoms with van der Waals surface area (Å²) in [7, 11) is 1.84. The molecule has 0 radical (unpaired) electrons. The number of anilines is 1. The van der Waals surface area contributed by atoms with Crippen molar-refractivity contribution < 1.29 is 9.53 Å². The summed E-state index contributed by atoms with van der Waals surface area (Å²) in [5.74, 6) is 0.0878. The summed E-state index contributed by atoms with van der Waals surface area (Å²) >= 11 is 5.89. The highest BCUT2D eigenvalue weighted by atomic mass is 35.5. The van der Waals surface area contributed by atoms with Crippen LogP contribution in [0.3, 0.4) is 0 Å². The Kier molecular flexibility index (Phi) is 5.42. The Balaban J connectivity index is 1.65. The minimum Gasteiger partial charge on any atom is -0.464 e. The van der Waals surface area contributed by atoms with E-state index in [1.807, 2.05) is 50.4 Å². The van der Waals surface area contributed by atoms with Crippen LogP contribution in [0.2, 0.25) is 5.02 Å². The molecule has 1 atom stereocenters. The number of carbonyl (C=O) groups is 1. The molecule has 1 amide bonds. The average molecular weight is 421 g/mol. The van der Waals surface area contributed by atoms with Crippen LogP contribution in [0.25, 0.3) is 22.2 Å². The Hall–Kier alpha value is -3.38. The zero-order valence-electron chi connectivity index (χ0n) is 16.9. The molecule has 4 aromatic rings. The number of halogens is 1. The van der Waals surface area contributed by atoms with E-state index < -0.39 is 6.10 Å². The second-order valence-electron chi connectivity index (χ2n) is 7.04. The van der Waals surface area contributed by atoms with Gasteiger partial charge in [-0.05, 0) is 49.2 Å². The van der Waals surface area contributed by atoms with Gasteiger partial charge in [-0.2, -0.15) is 10.1 Å². The number of aromatic nitrogens is 3. The molecule has 0 aliphatic rings. The quantitative estimate of drug-likeness (QED) is 0.493. The van der Waals surface area contributed by atoms with Crippen LogP contribution in [0.4, 0.5) is 5.69 Å². The maximum Gasteiger partial charge on any atom is 0.265 e. The Morgan fingerprint density at radius 1 is 1.13 bits per heavy atom. The van der Waals surface area contributed by atoms with Crippen LogP contribution < -0.4 is 10.1 Å². The van der Waals surface area contributed by atoms with Gasteiger partial charge in [-0.15, -0.1) is 0 Å². The molecule has 2 heterocycles. The molecule has 0 aliphatic carbocycles. The molecule has 0 spiro atoms. The summed E-state index contributed by atoms with van der Waals surface area (Å²) in [5.41, 5.74) is 4.24. The van der Waals surface area contributed by atoms with Crippen molar-refractivity contribution in [2.45, 2.75) is 20.0 Å². The predicted molar refractivity (Wildman–Crippen MR) is 119 cm³/mol. The van der Waals surface area contributed by atoms with Crippen LogP contribution in [0.1, 0.15) is 12.6 Å². The van der Waals surface area contributed by atoms with Gasteiger partial charge in [-0.1, -0.05) is 41.9 Å². The molecule has 4 rings (SSSR count). The lowest BCUT2D eigenvalue weighted by atomic mass is 10.0. The summed E-state index contributed by atoms with van der Waals surface area (Å²) in [4.78, 5) is 17.2. The first-order valence-corrected chi connectivity index (χ1v) is 9.93. The van der Waals surface area contributed by atoms with Gasteiger partial charge in [0, 0.05) is 23.8 Å². The van der Waals surface area contributed by atoms with Gasteiger partial charge in [0.15, 0.2) is 11.8 Å². The van der Waals surface area contributed by atoms with Crippen LogP contribution in [0, 0.1) is 6.92 Å². The van der Waals surface area contributed by atoms with E-state index in [0.717, 1.165) is 22.2 Å². The van der Waals surface area contributed by atoms with E-state index in [1.54, 1.807) is 35.9 Å². The van der Waals surface area contributed by atoms with E-state index in [1.165, 1.54) is 0 Å². The van der Waals surface area contributed by atoms with Crippen molar-refractivity contribution in [2.24, 2.45) is 7.05 Å². The molecule has 2 aromatic carbocycles. The number of ether oxygens (including phenoxy) is 1. The minimum atomic E-state index is -0.747. The molecule has 30 heavy (non-hydrogen) atoms. The fourth-order valence-electron chi connectivity index (χ4n) is 3.34. The molecular formula is C23H21ClN4O2. The highest BCUT2D eigenvalue weighted by Gasteiger charge is 2.19. The van der Waals surface area contributed by atoms with E-state index in [9.17, 15) is 4.79 Å². The fourth-order valence-corrected chi connectivity index (χ4v) is 3.47. The van der Waals surface area contributed by atoms with Crippen LogP contribution in [0.15, 0.2) is 60.7 Å². The van der Waals surface area contributed by atoms with Gasteiger partial charge in [0.1, 0.15) is 0 Å². The highest BCUT2D eigenvalue weighted by Crippen LogP contribution is 2.33. The topological polar surface area (TPSA) is 69.0 Å². The molecule has 0 bridgehead atoms. The number of pyridine rings is 1. The summed E-state index contributed by atoms with van der Waals surface area (Å²) in [5, 5.41) is 8.90. The predicted octanol–water partition coefficient (Wildman–Crippen LogP) is 5.00. The zero-order chi connectivity index (χ0) is 21.3. The van der Waals surface area contributed by atoms with Crippen LogP contribution in [-0.2, 0) is 11.8 Å². The molecule has 0 fully saturated rings. The maximum absolute atomic E-state index is 12.6. The van der Waals surface area contributed by atoms with Crippen molar-refractivity contribution in [3.63, 3.8) is 0 Å². The molecule has 7 heteroatoms. The summed E-state index contributed by atoms with van der Waals surface area (Å²) < 4.78 is 7.64. The van der Waals surface area contributed by atoms with Crippen molar-refractivity contribution in [3.05, 3.63) is 71.4 Å². The Morgan fingerprint density at radius 2 is 1.83 bits per heavy atom. The van der Waals surface area contributed by atoms with Gasteiger partial charge in [0.05, 0.1) is 11.1 Å². The smallest absolute Gasteiger partial charge is 0.265 e.